The largest absolute Gasteiger partial charge is 0.299 e. The molecule has 4 nitrogen and oxygen atoms in total. The zero-order valence-corrected chi connectivity index (χ0v) is 10.5. The molecule has 0 aromatic heterocycles. The molecule has 0 aliphatic carbocycles. The predicted octanol–water partition coefficient (Wildman–Crippen LogP) is 0.412. The third kappa shape index (κ3) is 1.78. The average Bonchev–Trinajstić information content (AvgIpc) is 2.14. The van der Waals surface area contributed by atoms with E-state index in [0.29, 0.717) is 36.6 Å². The standard InChI is InChI=1S/C12H24N4/c1-7-4-10-14-9(3)6-12-15-8(2)5-11(13-7)16(10)12/h7-15H,4-6H2,1-3H3/t7-,8-,9+,10+,11+,12-/m0/s1. The Morgan fingerprint density at radius 2 is 1.00 bits per heavy atom. The van der Waals surface area contributed by atoms with Crippen molar-refractivity contribution >= 4 is 0 Å². The van der Waals surface area contributed by atoms with E-state index in [0.717, 1.165) is 0 Å². The van der Waals surface area contributed by atoms with E-state index in [1.165, 1.54) is 19.3 Å². The van der Waals surface area contributed by atoms with Gasteiger partial charge in [0.15, 0.2) is 0 Å². The van der Waals surface area contributed by atoms with Crippen molar-refractivity contribution in [2.24, 2.45) is 0 Å². The summed E-state index contributed by atoms with van der Waals surface area (Å²) in [4.78, 5) is 2.62. The van der Waals surface area contributed by atoms with E-state index >= 15 is 0 Å². The average molecular weight is 224 g/mol. The summed E-state index contributed by atoms with van der Waals surface area (Å²) in [6, 6.07) is 1.90. The first-order chi connectivity index (χ1) is 7.63. The molecule has 3 aliphatic rings. The lowest BCUT2D eigenvalue weighted by Crippen LogP contribution is -2.76. The molecule has 0 amide bonds. The van der Waals surface area contributed by atoms with Crippen molar-refractivity contribution < 1.29 is 0 Å². The smallest absolute Gasteiger partial charge is 0.0642 e. The highest BCUT2D eigenvalue weighted by atomic mass is 15.5. The molecule has 3 heterocycles. The van der Waals surface area contributed by atoms with Crippen molar-refractivity contribution in [1.82, 2.24) is 20.9 Å². The molecular weight excluding hydrogens is 200 g/mol. The zero-order valence-electron chi connectivity index (χ0n) is 10.5. The molecule has 0 saturated carbocycles. The lowest BCUT2D eigenvalue weighted by Gasteiger charge is -2.57. The minimum atomic E-state index is 0.565. The van der Waals surface area contributed by atoms with Gasteiger partial charge in [-0.25, -0.2) is 0 Å². The van der Waals surface area contributed by atoms with Gasteiger partial charge in [-0.3, -0.25) is 20.9 Å². The molecule has 3 fully saturated rings. The monoisotopic (exact) mass is 224 g/mol. The molecule has 0 aromatic carbocycles. The van der Waals surface area contributed by atoms with E-state index in [1.807, 2.05) is 0 Å². The van der Waals surface area contributed by atoms with Crippen LogP contribution in [0.3, 0.4) is 0 Å². The Kier molecular flexibility index (Phi) is 2.70. The maximum Gasteiger partial charge on any atom is 0.0642 e. The van der Waals surface area contributed by atoms with Gasteiger partial charge in [0.05, 0.1) is 18.5 Å². The molecule has 92 valence electrons. The summed E-state index contributed by atoms with van der Waals surface area (Å²) < 4.78 is 0. The van der Waals surface area contributed by atoms with E-state index in [1.54, 1.807) is 0 Å². The summed E-state index contributed by atoms with van der Waals surface area (Å²) in [5.74, 6) is 0. The fourth-order valence-electron chi connectivity index (χ4n) is 3.67. The maximum absolute atomic E-state index is 3.74. The van der Waals surface area contributed by atoms with Crippen LogP contribution < -0.4 is 16.0 Å². The lowest BCUT2D eigenvalue weighted by atomic mass is 9.94. The van der Waals surface area contributed by atoms with Gasteiger partial charge < -0.3 is 0 Å². The number of nitrogens with one attached hydrogen (secondary N) is 3. The second kappa shape index (κ2) is 3.95. The van der Waals surface area contributed by atoms with Gasteiger partial charge in [0, 0.05) is 18.1 Å². The van der Waals surface area contributed by atoms with Gasteiger partial charge in [0.2, 0.25) is 0 Å². The van der Waals surface area contributed by atoms with Crippen LogP contribution in [0.5, 0.6) is 0 Å². The molecule has 16 heavy (non-hydrogen) atoms. The number of nitrogens with zero attached hydrogens (tertiary/aromatic N) is 1. The highest BCUT2D eigenvalue weighted by Gasteiger charge is 2.45. The van der Waals surface area contributed by atoms with Crippen LogP contribution in [-0.2, 0) is 0 Å². The normalized spacial score (nSPS) is 53.4. The van der Waals surface area contributed by atoms with Crippen molar-refractivity contribution in [1.29, 1.82) is 0 Å². The zero-order chi connectivity index (χ0) is 11.3. The van der Waals surface area contributed by atoms with E-state index in [2.05, 4.69) is 41.6 Å². The molecule has 0 spiro atoms. The summed E-state index contributed by atoms with van der Waals surface area (Å²) in [7, 11) is 0. The Balaban J connectivity index is 1.83. The van der Waals surface area contributed by atoms with Crippen LogP contribution in [0.25, 0.3) is 0 Å². The van der Waals surface area contributed by atoms with Crippen molar-refractivity contribution in [3.8, 4) is 0 Å². The molecule has 0 bridgehead atoms. The van der Waals surface area contributed by atoms with Crippen LogP contribution in [0.1, 0.15) is 40.0 Å². The first kappa shape index (κ1) is 11.0. The lowest BCUT2D eigenvalue weighted by molar-refractivity contribution is -0.0841. The van der Waals surface area contributed by atoms with Crippen LogP contribution in [0.4, 0.5) is 0 Å². The van der Waals surface area contributed by atoms with Gasteiger partial charge in [-0.1, -0.05) is 0 Å². The van der Waals surface area contributed by atoms with E-state index in [-0.39, 0.29) is 0 Å². The molecular formula is C12H24N4. The minimum absolute atomic E-state index is 0.565. The Morgan fingerprint density at radius 3 is 1.31 bits per heavy atom. The van der Waals surface area contributed by atoms with Gasteiger partial charge in [-0.05, 0) is 40.0 Å². The van der Waals surface area contributed by atoms with Gasteiger partial charge >= 0.3 is 0 Å². The number of rotatable bonds is 0. The van der Waals surface area contributed by atoms with E-state index < -0.39 is 0 Å². The first-order valence-electron chi connectivity index (χ1n) is 6.69. The molecule has 0 aromatic rings. The van der Waals surface area contributed by atoms with Crippen LogP contribution in [0.2, 0.25) is 0 Å². The van der Waals surface area contributed by atoms with Gasteiger partial charge in [0.1, 0.15) is 0 Å². The molecule has 4 heteroatoms. The second-order valence-electron chi connectivity index (χ2n) is 5.90. The summed E-state index contributed by atoms with van der Waals surface area (Å²) >= 11 is 0. The van der Waals surface area contributed by atoms with Crippen LogP contribution in [0, 0.1) is 0 Å². The Morgan fingerprint density at radius 1 is 0.688 bits per heavy atom. The third-order valence-electron chi connectivity index (χ3n) is 4.24. The first-order valence-corrected chi connectivity index (χ1v) is 6.69. The topological polar surface area (TPSA) is 39.3 Å². The Labute approximate surface area is 98.1 Å². The van der Waals surface area contributed by atoms with Gasteiger partial charge in [-0.15, -0.1) is 0 Å². The molecule has 3 saturated heterocycles. The quantitative estimate of drug-likeness (QED) is 0.557. The van der Waals surface area contributed by atoms with Crippen LogP contribution in [0.15, 0.2) is 0 Å². The van der Waals surface area contributed by atoms with Crippen molar-refractivity contribution in [2.75, 3.05) is 0 Å². The van der Waals surface area contributed by atoms with E-state index in [4.69, 9.17) is 0 Å². The fourth-order valence-corrected chi connectivity index (χ4v) is 3.67. The van der Waals surface area contributed by atoms with Gasteiger partial charge in [-0.2, -0.15) is 0 Å². The molecule has 3 rings (SSSR count). The van der Waals surface area contributed by atoms with Crippen LogP contribution >= 0.6 is 0 Å². The Bertz CT molecular complexity index is 209. The maximum atomic E-state index is 3.74. The summed E-state index contributed by atoms with van der Waals surface area (Å²) in [5, 5.41) is 11.2. The highest BCUT2D eigenvalue weighted by Crippen LogP contribution is 2.29. The third-order valence-corrected chi connectivity index (χ3v) is 4.24. The van der Waals surface area contributed by atoms with E-state index in [9.17, 15) is 0 Å². The number of hydrogen-bond acceptors (Lipinski definition) is 4. The molecule has 3 N–H and O–H groups in total. The van der Waals surface area contributed by atoms with Crippen molar-refractivity contribution in [3.05, 3.63) is 0 Å². The summed E-state index contributed by atoms with van der Waals surface area (Å²) in [6.45, 7) is 6.92. The molecule has 0 unspecified atom stereocenters. The summed E-state index contributed by atoms with van der Waals surface area (Å²) in [5.41, 5.74) is 0. The van der Waals surface area contributed by atoms with Crippen LogP contribution in [-0.4, -0.2) is 41.5 Å². The van der Waals surface area contributed by atoms with Gasteiger partial charge in [0.25, 0.3) is 0 Å². The molecule has 6 atom stereocenters. The number of hydrogen-bond donors (Lipinski definition) is 3. The molecule has 0 radical (unpaired) electrons. The fraction of sp³-hybridized carbons (Fsp3) is 1.00. The van der Waals surface area contributed by atoms with Crippen molar-refractivity contribution in [3.63, 3.8) is 0 Å². The minimum Gasteiger partial charge on any atom is -0.299 e. The molecule has 3 aliphatic heterocycles. The second-order valence-corrected chi connectivity index (χ2v) is 5.90. The highest BCUT2D eigenvalue weighted by molar-refractivity contribution is 4.99. The van der Waals surface area contributed by atoms with Crippen molar-refractivity contribution in [2.45, 2.75) is 76.7 Å². The summed E-state index contributed by atoms with van der Waals surface area (Å²) in [6.07, 6.45) is 5.34. The predicted molar refractivity (Wildman–Crippen MR) is 64.8 cm³/mol. The Hall–Kier alpha value is -0.160. The SMILES string of the molecule is C[C@@H]1C[C@H]2N[C@@H](C)C[C@@H]3N[C@@H](C)C[C@H](N1)N32.